The summed E-state index contributed by atoms with van der Waals surface area (Å²) < 4.78 is 1.11. The summed E-state index contributed by atoms with van der Waals surface area (Å²) in [5.41, 5.74) is 2.34. The zero-order valence-electron chi connectivity index (χ0n) is 8.62. The van der Waals surface area contributed by atoms with Crippen LogP contribution in [0.3, 0.4) is 0 Å². The van der Waals surface area contributed by atoms with Gasteiger partial charge in [0, 0.05) is 0 Å². The molecule has 0 fully saturated rings. The van der Waals surface area contributed by atoms with E-state index in [9.17, 15) is 9.59 Å². The van der Waals surface area contributed by atoms with Gasteiger partial charge in [-0.2, -0.15) is 0 Å². The van der Waals surface area contributed by atoms with Crippen molar-refractivity contribution in [1.29, 1.82) is 0 Å². The number of aromatic amines is 2. The van der Waals surface area contributed by atoms with Crippen molar-refractivity contribution in [3.8, 4) is 5.69 Å². The van der Waals surface area contributed by atoms with Crippen molar-refractivity contribution in [3.63, 3.8) is 0 Å². The van der Waals surface area contributed by atoms with Crippen molar-refractivity contribution in [3.05, 3.63) is 50.3 Å². The predicted octanol–water partition coefficient (Wildman–Crippen LogP) is 0.343. The van der Waals surface area contributed by atoms with Crippen LogP contribution in [0.25, 0.3) is 5.69 Å². The van der Waals surface area contributed by atoms with Crippen LogP contribution in [0.1, 0.15) is 17.5 Å². The van der Waals surface area contributed by atoms with Gasteiger partial charge in [0.2, 0.25) is 0 Å². The van der Waals surface area contributed by atoms with Crippen molar-refractivity contribution in [1.82, 2.24) is 14.8 Å². The van der Waals surface area contributed by atoms with Crippen LogP contribution < -0.4 is 11.4 Å². The number of fused-ring (bicyclic) bond motifs is 1. The zero-order valence-corrected chi connectivity index (χ0v) is 8.62. The number of nitrogens with zero attached hydrogens (tertiary/aromatic N) is 1. The molecule has 2 N–H and O–H groups in total. The molecule has 0 amide bonds. The Kier molecular flexibility index (Phi) is 1.86. The lowest BCUT2D eigenvalue weighted by atomic mass is 10.1. The Hall–Kier alpha value is -2.04. The third-order valence-corrected chi connectivity index (χ3v) is 3.02. The van der Waals surface area contributed by atoms with E-state index in [-0.39, 0.29) is 0 Å². The first-order valence-corrected chi connectivity index (χ1v) is 5.27. The lowest BCUT2D eigenvalue weighted by Gasteiger charge is -2.03. The lowest BCUT2D eigenvalue weighted by molar-refractivity contribution is 0.910. The summed E-state index contributed by atoms with van der Waals surface area (Å²) in [4.78, 5) is 22.8. The number of aryl methyl sites for hydroxylation is 2. The molecule has 0 spiro atoms. The lowest BCUT2D eigenvalue weighted by Crippen LogP contribution is -2.24. The number of nitrogens with one attached hydrogen (secondary N) is 2. The van der Waals surface area contributed by atoms with Crippen LogP contribution in [0.2, 0.25) is 0 Å². The van der Waals surface area contributed by atoms with E-state index in [1.54, 1.807) is 0 Å². The molecule has 3 rings (SSSR count). The summed E-state index contributed by atoms with van der Waals surface area (Å²) in [7, 11) is 0. The molecule has 2 aromatic rings. The SMILES string of the molecule is O=c1[nH][nH]c(=O)n1-c1ccc2c(c1)CCC2. The average Bonchev–Trinajstić information content (AvgIpc) is 2.85. The minimum absolute atomic E-state index is 0.428. The first kappa shape index (κ1) is 9.21. The molecule has 0 atom stereocenters. The first-order chi connectivity index (χ1) is 7.75. The van der Waals surface area contributed by atoms with E-state index < -0.39 is 11.4 Å². The van der Waals surface area contributed by atoms with Gasteiger partial charge in [-0.05, 0) is 42.5 Å². The Bertz CT molecular complexity index is 620. The summed E-state index contributed by atoms with van der Waals surface area (Å²) in [6.45, 7) is 0. The van der Waals surface area contributed by atoms with E-state index in [4.69, 9.17) is 0 Å². The van der Waals surface area contributed by atoms with Gasteiger partial charge >= 0.3 is 11.4 Å². The van der Waals surface area contributed by atoms with Crippen LogP contribution in [0.15, 0.2) is 27.8 Å². The van der Waals surface area contributed by atoms with Crippen LogP contribution >= 0.6 is 0 Å². The Morgan fingerprint density at radius 1 is 1.00 bits per heavy atom. The summed E-state index contributed by atoms with van der Waals surface area (Å²) >= 11 is 0. The van der Waals surface area contributed by atoms with Crippen molar-refractivity contribution >= 4 is 0 Å². The number of hydrogen-bond acceptors (Lipinski definition) is 2. The molecule has 0 saturated carbocycles. The van der Waals surface area contributed by atoms with E-state index in [1.807, 2.05) is 18.2 Å². The van der Waals surface area contributed by atoms with E-state index >= 15 is 0 Å². The monoisotopic (exact) mass is 217 g/mol. The second kappa shape index (κ2) is 3.23. The van der Waals surface area contributed by atoms with Gasteiger partial charge < -0.3 is 0 Å². The van der Waals surface area contributed by atoms with Crippen LogP contribution in [-0.4, -0.2) is 14.8 Å². The molecule has 82 valence electrons. The summed E-state index contributed by atoms with van der Waals surface area (Å²) in [6.07, 6.45) is 3.27. The second-order valence-electron chi connectivity index (χ2n) is 4.00. The summed E-state index contributed by atoms with van der Waals surface area (Å²) in [5.74, 6) is 0. The molecule has 5 nitrogen and oxygen atoms in total. The van der Waals surface area contributed by atoms with E-state index in [0.717, 1.165) is 23.8 Å². The highest BCUT2D eigenvalue weighted by Gasteiger charge is 2.13. The Labute approximate surface area is 90.7 Å². The highest BCUT2D eigenvalue weighted by molar-refractivity contribution is 5.42. The number of hydrogen-bond donors (Lipinski definition) is 2. The number of rotatable bonds is 1. The van der Waals surface area contributed by atoms with E-state index in [1.165, 1.54) is 11.1 Å². The zero-order chi connectivity index (χ0) is 11.1. The quantitative estimate of drug-likeness (QED) is 0.723. The molecule has 0 bridgehead atoms. The molecule has 1 heterocycles. The molecule has 0 saturated heterocycles. The van der Waals surface area contributed by atoms with Crippen molar-refractivity contribution in [2.75, 3.05) is 0 Å². The molecule has 1 aliphatic carbocycles. The highest BCUT2D eigenvalue weighted by Crippen LogP contribution is 2.23. The van der Waals surface area contributed by atoms with Gasteiger partial charge in [-0.3, -0.25) is 0 Å². The molecule has 0 unspecified atom stereocenters. The fourth-order valence-electron chi connectivity index (χ4n) is 2.24. The highest BCUT2D eigenvalue weighted by atomic mass is 16.2. The van der Waals surface area contributed by atoms with Gasteiger partial charge in [0.15, 0.2) is 0 Å². The van der Waals surface area contributed by atoms with Crippen molar-refractivity contribution in [2.24, 2.45) is 0 Å². The van der Waals surface area contributed by atoms with E-state index in [2.05, 4.69) is 10.2 Å². The molecular weight excluding hydrogens is 206 g/mol. The largest absolute Gasteiger partial charge is 0.348 e. The fourth-order valence-corrected chi connectivity index (χ4v) is 2.24. The van der Waals surface area contributed by atoms with Crippen LogP contribution in [0, 0.1) is 0 Å². The fraction of sp³-hybridized carbons (Fsp3) is 0.273. The number of benzene rings is 1. The molecule has 1 aliphatic rings. The maximum Gasteiger partial charge on any atom is 0.348 e. The molecule has 1 aromatic heterocycles. The van der Waals surface area contributed by atoms with Gasteiger partial charge in [-0.15, -0.1) is 0 Å². The van der Waals surface area contributed by atoms with Crippen molar-refractivity contribution < 1.29 is 0 Å². The molecule has 1 aromatic carbocycles. The first-order valence-electron chi connectivity index (χ1n) is 5.27. The Balaban J connectivity index is 2.22. The third-order valence-electron chi connectivity index (χ3n) is 3.02. The van der Waals surface area contributed by atoms with Gasteiger partial charge in [0.1, 0.15) is 0 Å². The van der Waals surface area contributed by atoms with Crippen LogP contribution in [0.4, 0.5) is 0 Å². The maximum absolute atomic E-state index is 11.4. The topological polar surface area (TPSA) is 70.7 Å². The third kappa shape index (κ3) is 1.25. The maximum atomic E-state index is 11.4. The smallest absolute Gasteiger partial charge is 0.247 e. The van der Waals surface area contributed by atoms with Gasteiger partial charge in [0.25, 0.3) is 0 Å². The normalized spacial score (nSPS) is 14.0. The number of H-pyrrole nitrogens is 2. The molecule has 5 heteroatoms. The molecule has 0 aliphatic heterocycles. The minimum Gasteiger partial charge on any atom is -0.247 e. The summed E-state index contributed by atoms with van der Waals surface area (Å²) in [6, 6.07) is 5.73. The summed E-state index contributed by atoms with van der Waals surface area (Å²) in [5, 5.41) is 4.55. The number of aromatic nitrogens is 3. The van der Waals surface area contributed by atoms with Gasteiger partial charge in [-0.1, -0.05) is 6.07 Å². The molecular formula is C11H11N3O2. The van der Waals surface area contributed by atoms with Gasteiger partial charge in [0.05, 0.1) is 5.69 Å². The van der Waals surface area contributed by atoms with Crippen molar-refractivity contribution in [2.45, 2.75) is 19.3 Å². The van der Waals surface area contributed by atoms with E-state index in [0.29, 0.717) is 5.69 Å². The minimum atomic E-state index is -0.428. The predicted molar refractivity (Wildman–Crippen MR) is 59.0 cm³/mol. The Morgan fingerprint density at radius 3 is 2.44 bits per heavy atom. The van der Waals surface area contributed by atoms with Crippen LogP contribution in [0.5, 0.6) is 0 Å². The molecule has 0 radical (unpaired) electrons. The second-order valence-corrected chi connectivity index (χ2v) is 4.00. The van der Waals surface area contributed by atoms with Gasteiger partial charge in [-0.25, -0.2) is 24.4 Å². The van der Waals surface area contributed by atoms with Crippen LogP contribution in [-0.2, 0) is 12.8 Å². The molecule has 16 heavy (non-hydrogen) atoms. The standard InChI is InChI=1S/C11H11N3O2/c15-10-12-13-11(16)14(10)9-5-4-7-2-1-3-8(7)6-9/h4-6H,1-3H2,(H,12,15)(H,13,16). The Morgan fingerprint density at radius 2 is 1.69 bits per heavy atom. The average molecular weight is 217 g/mol.